The van der Waals surface area contributed by atoms with E-state index in [1.54, 1.807) is 0 Å². The molecule has 82 valence electrons. The summed E-state index contributed by atoms with van der Waals surface area (Å²) in [5.74, 6) is 0.392. The largest absolute Gasteiger partial charge is 0.426 e. The number of ether oxygens (including phenoxy) is 1. The van der Waals surface area contributed by atoms with Crippen molar-refractivity contribution in [1.29, 1.82) is 0 Å². The molecule has 0 N–H and O–H groups in total. The van der Waals surface area contributed by atoms with Crippen LogP contribution in [0, 0.1) is 6.92 Å². The van der Waals surface area contributed by atoms with Crippen LogP contribution >= 0.6 is 31.9 Å². The highest BCUT2D eigenvalue weighted by atomic mass is 79.9. The van der Waals surface area contributed by atoms with Crippen molar-refractivity contribution in [3.05, 3.63) is 28.8 Å². The zero-order valence-corrected chi connectivity index (χ0v) is 11.8. The maximum atomic E-state index is 11.0. The predicted octanol–water partition coefficient (Wildman–Crippen LogP) is 3.71. The van der Waals surface area contributed by atoms with Crippen LogP contribution in [0.2, 0.25) is 0 Å². The fraction of sp³-hybridized carbons (Fsp3) is 0.364. The van der Waals surface area contributed by atoms with Crippen LogP contribution in [0.3, 0.4) is 0 Å². The van der Waals surface area contributed by atoms with Gasteiger partial charge in [-0.2, -0.15) is 0 Å². The van der Waals surface area contributed by atoms with Gasteiger partial charge in [-0.15, -0.1) is 0 Å². The van der Waals surface area contributed by atoms with E-state index >= 15 is 0 Å². The first-order chi connectivity index (χ1) is 7.10. The second-order valence-corrected chi connectivity index (χ2v) is 4.32. The molecule has 0 bridgehead atoms. The van der Waals surface area contributed by atoms with Crippen LogP contribution in [0.4, 0.5) is 0 Å². The number of benzene rings is 1. The second-order valence-electron chi connectivity index (χ2n) is 3.20. The SMILES string of the molecule is CC(=O)Oc1c(CBr)ccc(CBr)c1C. The van der Waals surface area contributed by atoms with Gasteiger partial charge in [-0.3, -0.25) is 4.79 Å². The first-order valence-corrected chi connectivity index (χ1v) is 6.76. The van der Waals surface area contributed by atoms with E-state index in [1.165, 1.54) is 6.92 Å². The van der Waals surface area contributed by atoms with E-state index in [-0.39, 0.29) is 5.97 Å². The van der Waals surface area contributed by atoms with E-state index in [0.717, 1.165) is 22.0 Å². The molecular weight excluding hydrogens is 324 g/mol. The maximum absolute atomic E-state index is 11.0. The van der Waals surface area contributed by atoms with Crippen molar-refractivity contribution in [3.8, 4) is 5.75 Å². The van der Waals surface area contributed by atoms with Gasteiger partial charge in [0.1, 0.15) is 5.75 Å². The monoisotopic (exact) mass is 334 g/mol. The smallest absolute Gasteiger partial charge is 0.308 e. The van der Waals surface area contributed by atoms with E-state index in [2.05, 4.69) is 31.9 Å². The number of esters is 1. The Balaban J connectivity index is 3.22. The van der Waals surface area contributed by atoms with E-state index in [4.69, 9.17) is 4.74 Å². The summed E-state index contributed by atoms with van der Waals surface area (Å²) >= 11 is 6.78. The quantitative estimate of drug-likeness (QED) is 0.478. The van der Waals surface area contributed by atoms with Gasteiger partial charge >= 0.3 is 5.97 Å². The fourth-order valence-corrected chi connectivity index (χ4v) is 2.37. The molecule has 0 atom stereocenters. The molecule has 0 saturated carbocycles. The van der Waals surface area contributed by atoms with Gasteiger partial charge in [0.15, 0.2) is 0 Å². The molecule has 0 aliphatic rings. The van der Waals surface area contributed by atoms with E-state index in [9.17, 15) is 4.79 Å². The summed E-state index contributed by atoms with van der Waals surface area (Å²) in [5, 5.41) is 1.44. The lowest BCUT2D eigenvalue weighted by Gasteiger charge is -2.12. The van der Waals surface area contributed by atoms with Crippen LogP contribution in [0.15, 0.2) is 12.1 Å². The zero-order chi connectivity index (χ0) is 11.4. The van der Waals surface area contributed by atoms with Crippen LogP contribution < -0.4 is 4.74 Å². The van der Waals surface area contributed by atoms with Crippen LogP contribution in [0.5, 0.6) is 5.75 Å². The van der Waals surface area contributed by atoms with Crippen molar-refractivity contribution in [1.82, 2.24) is 0 Å². The molecule has 0 aliphatic heterocycles. The lowest BCUT2D eigenvalue weighted by atomic mass is 10.1. The minimum absolute atomic E-state index is 0.285. The van der Waals surface area contributed by atoms with Gasteiger partial charge < -0.3 is 4.74 Å². The molecule has 0 amide bonds. The Morgan fingerprint density at radius 1 is 1.27 bits per heavy atom. The van der Waals surface area contributed by atoms with E-state index in [1.807, 2.05) is 19.1 Å². The first kappa shape index (κ1) is 12.7. The van der Waals surface area contributed by atoms with Crippen molar-refractivity contribution < 1.29 is 9.53 Å². The highest BCUT2D eigenvalue weighted by molar-refractivity contribution is 9.08. The molecule has 2 nitrogen and oxygen atoms in total. The summed E-state index contributed by atoms with van der Waals surface area (Å²) < 4.78 is 5.22. The number of rotatable bonds is 3. The van der Waals surface area contributed by atoms with Crippen molar-refractivity contribution in [2.24, 2.45) is 0 Å². The molecule has 0 radical (unpaired) electrons. The van der Waals surface area contributed by atoms with Crippen molar-refractivity contribution >= 4 is 37.8 Å². The molecule has 0 aromatic heterocycles. The molecule has 1 aromatic rings. The normalized spacial score (nSPS) is 10.1. The van der Waals surface area contributed by atoms with Crippen LogP contribution in [-0.2, 0) is 15.5 Å². The van der Waals surface area contributed by atoms with Gasteiger partial charge in [-0.05, 0) is 18.1 Å². The van der Waals surface area contributed by atoms with Crippen molar-refractivity contribution in [2.45, 2.75) is 24.5 Å². The average Bonchev–Trinajstić information content (AvgIpc) is 2.20. The third-order valence-electron chi connectivity index (χ3n) is 2.13. The summed E-state index contributed by atoms with van der Waals surface area (Å²) in [6, 6.07) is 4.00. The molecule has 0 saturated heterocycles. The van der Waals surface area contributed by atoms with Gasteiger partial charge in [0.25, 0.3) is 0 Å². The Hall–Kier alpha value is -0.350. The minimum Gasteiger partial charge on any atom is -0.426 e. The zero-order valence-electron chi connectivity index (χ0n) is 8.64. The topological polar surface area (TPSA) is 26.3 Å². The Labute approximate surface area is 106 Å². The highest BCUT2D eigenvalue weighted by Gasteiger charge is 2.11. The Kier molecular flexibility index (Phi) is 4.80. The van der Waals surface area contributed by atoms with Gasteiger partial charge in [0.2, 0.25) is 0 Å². The van der Waals surface area contributed by atoms with Crippen molar-refractivity contribution in [2.75, 3.05) is 0 Å². The Morgan fingerprint density at radius 3 is 2.27 bits per heavy atom. The third kappa shape index (κ3) is 3.05. The van der Waals surface area contributed by atoms with E-state index < -0.39 is 0 Å². The number of hydrogen-bond donors (Lipinski definition) is 0. The number of alkyl halides is 2. The van der Waals surface area contributed by atoms with Gasteiger partial charge in [0.05, 0.1) is 0 Å². The van der Waals surface area contributed by atoms with Crippen LogP contribution in [-0.4, -0.2) is 5.97 Å². The summed E-state index contributed by atoms with van der Waals surface area (Å²) in [6.07, 6.45) is 0. The number of carbonyl (C=O) groups excluding carboxylic acids is 1. The summed E-state index contributed by atoms with van der Waals surface area (Å²) in [4.78, 5) is 11.0. The molecule has 0 unspecified atom stereocenters. The minimum atomic E-state index is -0.285. The molecule has 0 heterocycles. The average molecular weight is 336 g/mol. The number of carbonyl (C=O) groups is 1. The molecule has 4 heteroatoms. The predicted molar refractivity (Wildman–Crippen MR) is 67.8 cm³/mol. The second kappa shape index (κ2) is 5.66. The fourth-order valence-electron chi connectivity index (χ4n) is 1.32. The molecule has 0 fully saturated rings. The van der Waals surface area contributed by atoms with Crippen LogP contribution in [0.25, 0.3) is 0 Å². The summed E-state index contributed by atoms with van der Waals surface area (Å²) in [5.41, 5.74) is 3.14. The lowest BCUT2D eigenvalue weighted by molar-refractivity contribution is -0.131. The molecule has 15 heavy (non-hydrogen) atoms. The van der Waals surface area contributed by atoms with Crippen LogP contribution in [0.1, 0.15) is 23.6 Å². The maximum Gasteiger partial charge on any atom is 0.308 e. The number of hydrogen-bond acceptors (Lipinski definition) is 2. The highest BCUT2D eigenvalue weighted by Crippen LogP contribution is 2.29. The first-order valence-electron chi connectivity index (χ1n) is 4.51. The summed E-state index contributed by atoms with van der Waals surface area (Å²) in [7, 11) is 0. The summed E-state index contributed by atoms with van der Waals surface area (Å²) in [6.45, 7) is 3.37. The molecule has 1 rings (SSSR count). The Bertz CT molecular complexity index is 375. The van der Waals surface area contributed by atoms with Crippen molar-refractivity contribution in [3.63, 3.8) is 0 Å². The van der Waals surface area contributed by atoms with Gasteiger partial charge in [0, 0.05) is 23.1 Å². The standard InChI is InChI=1S/C11H12Br2O2/c1-7-9(5-12)3-4-10(6-13)11(7)15-8(2)14/h3-4H,5-6H2,1-2H3. The van der Waals surface area contributed by atoms with E-state index in [0.29, 0.717) is 11.1 Å². The Morgan fingerprint density at radius 2 is 1.80 bits per heavy atom. The van der Waals surface area contributed by atoms with Gasteiger partial charge in [-0.1, -0.05) is 44.0 Å². The number of halogens is 2. The molecule has 0 spiro atoms. The van der Waals surface area contributed by atoms with Gasteiger partial charge in [-0.25, -0.2) is 0 Å². The molecule has 0 aliphatic carbocycles. The molecular formula is C11H12Br2O2. The lowest BCUT2D eigenvalue weighted by Crippen LogP contribution is -2.06. The molecule has 1 aromatic carbocycles. The third-order valence-corrected chi connectivity index (χ3v) is 3.34.